The van der Waals surface area contributed by atoms with E-state index in [9.17, 15) is 4.79 Å². The summed E-state index contributed by atoms with van der Waals surface area (Å²) >= 11 is 0. The minimum atomic E-state index is -0.345. The smallest absolute Gasteiger partial charge is 0.274 e. The molecule has 2 rings (SSSR count). The maximum absolute atomic E-state index is 12.4. The van der Waals surface area contributed by atoms with Gasteiger partial charge in [-0.15, -0.1) is 0 Å². The van der Waals surface area contributed by atoms with Gasteiger partial charge in [-0.1, -0.05) is 6.07 Å². The monoisotopic (exact) mass is 309 g/mol. The molecule has 6 heteroatoms. The fourth-order valence-electron chi connectivity index (χ4n) is 1.99. The zero-order valence-electron chi connectivity index (χ0n) is 13.6. The van der Waals surface area contributed by atoms with Crippen molar-refractivity contribution in [3.63, 3.8) is 0 Å². The van der Waals surface area contributed by atoms with Gasteiger partial charge in [0.25, 0.3) is 5.91 Å². The molecule has 1 aromatic heterocycles. The Morgan fingerprint density at radius 1 is 1.22 bits per heavy atom. The summed E-state index contributed by atoms with van der Waals surface area (Å²) < 4.78 is 0. The van der Waals surface area contributed by atoms with E-state index in [1.165, 1.54) is 0 Å². The number of nitrogens with zero attached hydrogens (tertiary/aromatic N) is 3. The fourth-order valence-corrected chi connectivity index (χ4v) is 1.99. The molecule has 1 heterocycles. The highest BCUT2D eigenvalue weighted by Crippen LogP contribution is 2.15. The van der Waals surface area contributed by atoms with Crippen molar-refractivity contribution in [2.45, 2.75) is 33.2 Å². The summed E-state index contributed by atoms with van der Waals surface area (Å²) in [5.41, 5.74) is 1.13. The zero-order chi connectivity index (χ0) is 17.0. The molecule has 0 bridgehead atoms. The van der Waals surface area contributed by atoms with Gasteiger partial charge in [-0.3, -0.25) is 4.79 Å². The van der Waals surface area contributed by atoms with Gasteiger partial charge in [0.15, 0.2) is 0 Å². The van der Waals surface area contributed by atoms with Crippen molar-refractivity contribution >= 4 is 17.4 Å². The van der Waals surface area contributed by atoms with E-state index in [0.717, 1.165) is 0 Å². The Bertz CT molecular complexity index is 771. The van der Waals surface area contributed by atoms with Gasteiger partial charge in [0.1, 0.15) is 17.3 Å². The van der Waals surface area contributed by atoms with Gasteiger partial charge in [-0.05, 0) is 45.9 Å². The Morgan fingerprint density at radius 2 is 1.96 bits per heavy atom. The molecule has 23 heavy (non-hydrogen) atoms. The van der Waals surface area contributed by atoms with Crippen molar-refractivity contribution in [1.82, 2.24) is 9.97 Å². The number of carbonyl (C=O) groups excluding carboxylic acids is 1. The lowest BCUT2D eigenvalue weighted by molar-refractivity contribution is 0.102. The first-order valence-corrected chi connectivity index (χ1v) is 7.22. The van der Waals surface area contributed by atoms with Crippen molar-refractivity contribution in [2.24, 2.45) is 0 Å². The number of nitrogens with one attached hydrogen (secondary N) is 2. The molecule has 118 valence electrons. The first-order valence-electron chi connectivity index (χ1n) is 7.22. The summed E-state index contributed by atoms with van der Waals surface area (Å²) in [4.78, 5) is 20.8. The Balaban J connectivity index is 2.23. The number of aromatic nitrogens is 2. The van der Waals surface area contributed by atoms with E-state index in [1.54, 1.807) is 37.3 Å². The zero-order valence-corrected chi connectivity index (χ0v) is 13.6. The summed E-state index contributed by atoms with van der Waals surface area (Å²) in [7, 11) is 0. The Kier molecular flexibility index (Phi) is 4.60. The van der Waals surface area contributed by atoms with Crippen LogP contribution in [0.1, 0.15) is 42.6 Å². The van der Waals surface area contributed by atoms with Crippen molar-refractivity contribution in [3.8, 4) is 6.07 Å². The average Bonchev–Trinajstić information content (AvgIpc) is 2.45. The number of aryl methyl sites for hydroxylation is 1. The van der Waals surface area contributed by atoms with Gasteiger partial charge >= 0.3 is 0 Å². The maximum Gasteiger partial charge on any atom is 0.274 e. The summed E-state index contributed by atoms with van der Waals surface area (Å²) in [5, 5.41) is 14.9. The molecule has 0 atom stereocenters. The van der Waals surface area contributed by atoms with Gasteiger partial charge in [0.05, 0.1) is 11.6 Å². The number of benzene rings is 1. The molecule has 0 saturated heterocycles. The van der Waals surface area contributed by atoms with Crippen LogP contribution in [-0.2, 0) is 0 Å². The van der Waals surface area contributed by atoms with Crippen molar-refractivity contribution < 1.29 is 4.79 Å². The molecule has 0 fully saturated rings. The van der Waals surface area contributed by atoms with E-state index in [2.05, 4.69) is 20.6 Å². The quantitative estimate of drug-likeness (QED) is 0.909. The second kappa shape index (κ2) is 6.44. The third-order valence-corrected chi connectivity index (χ3v) is 2.82. The Labute approximate surface area is 135 Å². The number of anilines is 2. The van der Waals surface area contributed by atoms with Crippen LogP contribution >= 0.6 is 0 Å². The van der Waals surface area contributed by atoms with Crippen LogP contribution < -0.4 is 10.6 Å². The number of carbonyl (C=O) groups is 1. The molecule has 0 aliphatic rings. The molecule has 0 unspecified atom stereocenters. The average molecular weight is 309 g/mol. The fraction of sp³-hybridized carbons (Fsp3) is 0.294. The standard InChI is InChI=1S/C17H19N5O/c1-11-19-14(9-15(20-11)22-17(2,3)4)16(23)21-13-7-5-6-12(8-13)10-18/h5-9H,1-4H3,(H,21,23)(H,19,20,22). The summed E-state index contributed by atoms with van der Waals surface area (Å²) in [6, 6.07) is 10.4. The molecule has 0 radical (unpaired) electrons. The topological polar surface area (TPSA) is 90.7 Å². The van der Waals surface area contributed by atoms with E-state index >= 15 is 0 Å². The van der Waals surface area contributed by atoms with E-state index in [-0.39, 0.29) is 17.1 Å². The SMILES string of the molecule is Cc1nc(NC(C)(C)C)cc(C(=O)Nc2cccc(C#N)c2)n1. The molecule has 1 amide bonds. The summed E-state index contributed by atoms with van der Waals surface area (Å²) in [5.74, 6) is 0.763. The molecule has 2 N–H and O–H groups in total. The molecule has 6 nitrogen and oxygen atoms in total. The lowest BCUT2D eigenvalue weighted by Crippen LogP contribution is -2.27. The van der Waals surface area contributed by atoms with Crippen molar-refractivity contribution in [1.29, 1.82) is 5.26 Å². The molecule has 0 saturated carbocycles. The molecular weight excluding hydrogens is 290 g/mol. The number of amides is 1. The van der Waals surface area contributed by atoms with E-state index in [0.29, 0.717) is 22.9 Å². The maximum atomic E-state index is 12.4. The van der Waals surface area contributed by atoms with Crippen molar-refractivity contribution in [2.75, 3.05) is 10.6 Å². The third kappa shape index (κ3) is 4.78. The van der Waals surface area contributed by atoms with Crippen LogP contribution in [-0.4, -0.2) is 21.4 Å². The number of hydrogen-bond acceptors (Lipinski definition) is 5. The van der Waals surface area contributed by atoms with E-state index < -0.39 is 0 Å². The molecule has 0 aliphatic heterocycles. The minimum Gasteiger partial charge on any atom is -0.365 e. The first-order chi connectivity index (χ1) is 10.8. The molecule has 1 aromatic carbocycles. The predicted molar refractivity (Wildman–Crippen MR) is 89.3 cm³/mol. The highest BCUT2D eigenvalue weighted by molar-refractivity contribution is 6.03. The number of rotatable bonds is 3. The second-order valence-electron chi connectivity index (χ2n) is 6.21. The lowest BCUT2D eigenvalue weighted by Gasteiger charge is -2.21. The van der Waals surface area contributed by atoms with Crippen LogP contribution in [0.3, 0.4) is 0 Å². The summed E-state index contributed by atoms with van der Waals surface area (Å²) in [6.07, 6.45) is 0. The summed E-state index contributed by atoms with van der Waals surface area (Å²) in [6.45, 7) is 7.77. The first kappa shape index (κ1) is 16.4. The molecule has 0 aliphatic carbocycles. The molecular formula is C17H19N5O. The van der Waals surface area contributed by atoms with Crippen LogP contribution in [0.2, 0.25) is 0 Å². The van der Waals surface area contributed by atoms with Gasteiger partial charge in [-0.2, -0.15) is 5.26 Å². The highest BCUT2D eigenvalue weighted by Gasteiger charge is 2.15. The Hall–Kier alpha value is -2.94. The highest BCUT2D eigenvalue weighted by atomic mass is 16.1. The van der Waals surface area contributed by atoms with Crippen LogP contribution in [0.4, 0.5) is 11.5 Å². The predicted octanol–water partition coefficient (Wildman–Crippen LogP) is 3.12. The van der Waals surface area contributed by atoms with Gasteiger partial charge < -0.3 is 10.6 Å². The van der Waals surface area contributed by atoms with Crippen LogP contribution in [0.25, 0.3) is 0 Å². The van der Waals surface area contributed by atoms with Crippen LogP contribution in [0.15, 0.2) is 30.3 Å². The lowest BCUT2D eigenvalue weighted by atomic mass is 10.1. The van der Waals surface area contributed by atoms with Gasteiger partial charge in [0.2, 0.25) is 0 Å². The normalized spacial score (nSPS) is 10.7. The van der Waals surface area contributed by atoms with E-state index in [4.69, 9.17) is 5.26 Å². The van der Waals surface area contributed by atoms with Crippen LogP contribution in [0, 0.1) is 18.3 Å². The van der Waals surface area contributed by atoms with Crippen molar-refractivity contribution in [3.05, 3.63) is 47.4 Å². The van der Waals surface area contributed by atoms with Crippen LogP contribution in [0.5, 0.6) is 0 Å². The third-order valence-electron chi connectivity index (χ3n) is 2.82. The number of hydrogen-bond donors (Lipinski definition) is 2. The number of nitriles is 1. The molecule has 0 spiro atoms. The van der Waals surface area contributed by atoms with Gasteiger partial charge in [0, 0.05) is 17.3 Å². The molecule has 2 aromatic rings. The Morgan fingerprint density at radius 3 is 2.61 bits per heavy atom. The minimum absolute atomic E-state index is 0.171. The van der Waals surface area contributed by atoms with E-state index in [1.807, 2.05) is 26.8 Å². The largest absolute Gasteiger partial charge is 0.365 e. The van der Waals surface area contributed by atoms with Gasteiger partial charge in [-0.25, -0.2) is 9.97 Å². The second-order valence-corrected chi connectivity index (χ2v) is 6.21.